The van der Waals surface area contributed by atoms with E-state index in [2.05, 4.69) is 24.3 Å². The number of hydrogen-bond donors (Lipinski definition) is 0. The summed E-state index contributed by atoms with van der Waals surface area (Å²) >= 11 is 0. The van der Waals surface area contributed by atoms with Crippen LogP contribution in [-0.4, -0.2) is 6.29 Å². The quantitative estimate of drug-likeness (QED) is 0.649. The third-order valence-electron chi connectivity index (χ3n) is 4.00. The summed E-state index contributed by atoms with van der Waals surface area (Å²) in [7, 11) is 0. The molecule has 0 radical (unpaired) electrons. The van der Waals surface area contributed by atoms with Gasteiger partial charge in [-0.05, 0) is 41.7 Å². The van der Waals surface area contributed by atoms with Crippen LogP contribution in [0.3, 0.4) is 0 Å². The highest BCUT2D eigenvalue weighted by Crippen LogP contribution is 2.66. The summed E-state index contributed by atoms with van der Waals surface area (Å²) in [6, 6.07) is 8.71. The molecule has 1 nitrogen and oxygen atoms in total. The second-order valence-corrected chi connectivity index (χ2v) is 4.69. The van der Waals surface area contributed by atoms with E-state index in [0.717, 1.165) is 12.7 Å². The van der Waals surface area contributed by atoms with Crippen LogP contribution in [0.5, 0.6) is 0 Å². The Bertz CT molecular complexity index is 383. The third-order valence-corrected chi connectivity index (χ3v) is 4.00. The van der Waals surface area contributed by atoms with Crippen molar-refractivity contribution in [2.24, 2.45) is 5.41 Å². The van der Waals surface area contributed by atoms with Crippen molar-refractivity contribution >= 4 is 6.29 Å². The zero-order valence-electron chi connectivity index (χ0n) is 8.20. The predicted molar refractivity (Wildman–Crippen MR) is 55.2 cm³/mol. The first-order chi connectivity index (χ1) is 6.86. The molecule has 14 heavy (non-hydrogen) atoms. The minimum Gasteiger partial charge on any atom is -0.303 e. The molecule has 1 fully saturated rings. The lowest BCUT2D eigenvalue weighted by atomic mass is 9.82. The minimum absolute atomic E-state index is 0.371. The van der Waals surface area contributed by atoms with Crippen molar-refractivity contribution in [1.29, 1.82) is 0 Å². The molecule has 0 spiro atoms. The fourth-order valence-corrected chi connectivity index (χ4v) is 3.04. The van der Waals surface area contributed by atoms with Gasteiger partial charge in [0.15, 0.2) is 0 Å². The van der Waals surface area contributed by atoms with Crippen LogP contribution in [0.15, 0.2) is 24.3 Å². The van der Waals surface area contributed by atoms with Gasteiger partial charge in [0.05, 0.1) is 0 Å². The molecule has 0 heterocycles. The van der Waals surface area contributed by atoms with Crippen molar-refractivity contribution < 1.29 is 4.79 Å². The van der Waals surface area contributed by atoms with E-state index >= 15 is 0 Å². The number of carbonyl (C=O) groups is 1. The monoisotopic (exact) mass is 186 g/mol. The Labute approximate surface area is 84.1 Å². The topological polar surface area (TPSA) is 17.1 Å². The second-order valence-electron chi connectivity index (χ2n) is 4.69. The summed E-state index contributed by atoms with van der Waals surface area (Å²) in [6.45, 7) is 0. The fraction of sp³-hybridized carbons (Fsp3) is 0.462. The van der Waals surface area contributed by atoms with Gasteiger partial charge >= 0.3 is 0 Å². The molecule has 72 valence electrons. The average Bonchev–Trinajstić information content (AvgIpc) is 2.93. The van der Waals surface area contributed by atoms with E-state index < -0.39 is 0 Å². The molecule has 0 amide bonds. The van der Waals surface area contributed by atoms with E-state index in [-0.39, 0.29) is 0 Å². The lowest BCUT2D eigenvalue weighted by molar-refractivity contribution is -0.109. The second kappa shape index (κ2) is 2.69. The van der Waals surface area contributed by atoms with Crippen LogP contribution < -0.4 is 0 Å². The Morgan fingerprint density at radius 1 is 1.43 bits per heavy atom. The van der Waals surface area contributed by atoms with Crippen molar-refractivity contribution in [1.82, 2.24) is 0 Å². The van der Waals surface area contributed by atoms with Gasteiger partial charge in [0.2, 0.25) is 0 Å². The molecule has 3 rings (SSSR count). The van der Waals surface area contributed by atoms with Gasteiger partial charge in [-0.2, -0.15) is 0 Å². The van der Waals surface area contributed by atoms with Gasteiger partial charge in [0, 0.05) is 6.42 Å². The number of rotatable bonds is 2. The summed E-state index contributed by atoms with van der Waals surface area (Å²) in [5, 5.41) is 0. The summed E-state index contributed by atoms with van der Waals surface area (Å²) in [6.07, 6.45) is 5.50. The van der Waals surface area contributed by atoms with Crippen LogP contribution in [0.2, 0.25) is 0 Å². The fourth-order valence-electron chi connectivity index (χ4n) is 3.04. The zero-order chi connectivity index (χ0) is 9.60. The van der Waals surface area contributed by atoms with Crippen molar-refractivity contribution in [3.05, 3.63) is 35.4 Å². The number of carbonyl (C=O) groups excluding carboxylic acids is 1. The number of benzene rings is 1. The minimum atomic E-state index is 0.371. The van der Waals surface area contributed by atoms with E-state index in [1.54, 1.807) is 0 Å². The Balaban J connectivity index is 1.97. The van der Waals surface area contributed by atoms with Crippen molar-refractivity contribution in [3.8, 4) is 0 Å². The van der Waals surface area contributed by atoms with Crippen LogP contribution >= 0.6 is 0 Å². The molecule has 2 aliphatic carbocycles. The van der Waals surface area contributed by atoms with Crippen LogP contribution in [0, 0.1) is 5.41 Å². The van der Waals surface area contributed by atoms with Crippen molar-refractivity contribution in [2.75, 3.05) is 0 Å². The van der Waals surface area contributed by atoms with Gasteiger partial charge in [-0.1, -0.05) is 24.3 Å². The largest absolute Gasteiger partial charge is 0.303 e. The molecular formula is C13H14O. The van der Waals surface area contributed by atoms with Gasteiger partial charge < -0.3 is 4.79 Å². The maximum absolute atomic E-state index is 10.6. The molecule has 0 aromatic heterocycles. The maximum atomic E-state index is 10.6. The lowest BCUT2D eigenvalue weighted by Gasteiger charge is -2.22. The molecule has 1 aromatic carbocycles. The molecule has 0 N–H and O–H groups in total. The average molecular weight is 186 g/mol. The number of aryl methyl sites for hydroxylation is 1. The van der Waals surface area contributed by atoms with E-state index in [1.165, 1.54) is 30.4 Å². The zero-order valence-corrected chi connectivity index (χ0v) is 8.20. The molecular weight excluding hydrogens is 172 g/mol. The van der Waals surface area contributed by atoms with E-state index in [0.29, 0.717) is 11.3 Å². The van der Waals surface area contributed by atoms with E-state index in [4.69, 9.17) is 0 Å². The first-order valence-corrected chi connectivity index (χ1v) is 5.37. The Morgan fingerprint density at radius 2 is 2.29 bits per heavy atom. The van der Waals surface area contributed by atoms with Crippen LogP contribution in [0.25, 0.3) is 0 Å². The summed E-state index contributed by atoms with van der Waals surface area (Å²) in [5.74, 6) is 0.692. The first kappa shape index (κ1) is 8.22. The lowest BCUT2D eigenvalue weighted by Crippen LogP contribution is -2.12. The molecule has 0 aliphatic heterocycles. The first-order valence-electron chi connectivity index (χ1n) is 5.37. The molecule has 0 bridgehead atoms. The highest BCUT2D eigenvalue weighted by atomic mass is 16.1. The van der Waals surface area contributed by atoms with Crippen molar-refractivity contribution in [3.63, 3.8) is 0 Å². The Kier molecular flexibility index (Phi) is 1.58. The van der Waals surface area contributed by atoms with E-state index in [1.807, 2.05) is 0 Å². The predicted octanol–water partition coefficient (Wildman–Crippen LogP) is 2.70. The SMILES string of the molecule is O=CCC12CCc3ccccc3C1C2. The number of fused-ring (bicyclic) bond motifs is 3. The smallest absolute Gasteiger partial charge is 0.120 e. The van der Waals surface area contributed by atoms with Crippen LogP contribution in [-0.2, 0) is 11.2 Å². The summed E-state index contributed by atoms with van der Waals surface area (Å²) in [4.78, 5) is 10.6. The summed E-state index contributed by atoms with van der Waals surface area (Å²) in [5.41, 5.74) is 3.40. The standard InChI is InChI=1S/C13H14O/c14-8-7-13-6-5-10-3-1-2-4-11(10)12(13)9-13/h1-4,8,12H,5-7,9H2. The normalized spacial score (nSPS) is 33.0. The molecule has 1 saturated carbocycles. The molecule has 2 unspecified atom stereocenters. The van der Waals surface area contributed by atoms with Crippen LogP contribution in [0.1, 0.15) is 36.3 Å². The van der Waals surface area contributed by atoms with Gasteiger partial charge in [-0.3, -0.25) is 0 Å². The maximum Gasteiger partial charge on any atom is 0.120 e. The molecule has 0 saturated heterocycles. The summed E-state index contributed by atoms with van der Waals surface area (Å²) < 4.78 is 0. The highest BCUT2D eigenvalue weighted by molar-refractivity contribution is 5.55. The van der Waals surface area contributed by atoms with Crippen molar-refractivity contribution in [2.45, 2.75) is 31.6 Å². The molecule has 2 atom stereocenters. The Morgan fingerprint density at radius 3 is 3.14 bits per heavy atom. The molecule has 1 aromatic rings. The molecule has 2 aliphatic rings. The number of hydrogen-bond acceptors (Lipinski definition) is 1. The van der Waals surface area contributed by atoms with Gasteiger partial charge in [-0.15, -0.1) is 0 Å². The molecule has 1 heteroatoms. The highest BCUT2D eigenvalue weighted by Gasteiger charge is 2.56. The number of aldehydes is 1. The van der Waals surface area contributed by atoms with Gasteiger partial charge in [-0.25, -0.2) is 0 Å². The van der Waals surface area contributed by atoms with Gasteiger partial charge in [0.1, 0.15) is 6.29 Å². The third kappa shape index (κ3) is 0.985. The van der Waals surface area contributed by atoms with Gasteiger partial charge in [0.25, 0.3) is 0 Å². The Hall–Kier alpha value is -1.11. The van der Waals surface area contributed by atoms with Crippen LogP contribution in [0.4, 0.5) is 0 Å². The van der Waals surface area contributed by atoms with E-state index in [9.17, 15) is 4.79 Å².